The summed E-state index contributed by atoms with van der Waals surface area (Å²) in [5.41, 5.74) is 10.1. The Hall–Kier alpha value is -2.91. The molecule has 1 fully saturated rings. The average Bonchev–Trinajstić information content (AvgIpc) is 3.46. The van der Waals surface area contributed by atoms with Crippen LogP contribution in [0.5, 0.6) is 0 Å². The molecule has 0 bridgehead atoms. The third-order valence-corrected chi connectivity index (χ3v) is 7.54. The maximum Gasteiger partial charge on any atom is 0.165 e. The molecule has 1 saturated carbocycles. The Bertz CT molecular complexity index is 1290. The van der Waals surface area contributed by atoms with Crippen LogP contribution in [0.4, 0.5) is 5.82 Å². The lowest BCUT2D eigenvalue weighted by Gasteiger charge is -2.27. The molecular formula is C23H26N8S. The van der Waals surface area contributed by atoms with Crippen molar-refractivity contribution in [1.82, 2.24) is 29.5 Å². The highest BCUT2D eigenvalue weighted by Crippen LogP contribution is 2.37. The summed E-state index contributed by atoms with van der Waals surface area (Å²) >= 11 is 1.86. The lowest BCUT2D eigenvalue weighted by molar-refractivity contribution is 0.292. The molecule has 0 spiro atoms. The molecule has 164 valence electrons. The van der Waals surface area contributed by atoms with Crippen LogP contribution in [-0.2, 0) is 6.54 Å². The average molecular weight is 447 g/mol. The minimum absolute atomic E-state index is 0.322. The van der Waals surface area contributed by atoms with E-state index in [0.29, 0.717) is 12.0 Å². The van der Waals surface area contributed by atoms with Gasteiger partial charge in [0.2, 0.25) is 0 Å². The molecule has 1 aliphatic heterocycles. The summed E-state index contributed by atoms with van der Waals surface area (Å²) in [5.74, 6) is 2.43. The molecule has 0 unspecified atom stereocenters. The molecular weight excluding hydrogens is 420 g/mol. The molecule has 3 N–H and O–H groups in total. The van der Waals surface area contributed by atoms with E-state index in [4.69, 9.17) is 10.7 Å². The second-order valence-electron chi connectivity index (χ2n) is 8.69. The molecule has 9 heteroatoms. The van der Waals surface area contributed by atoms with Crippen LogP contribution >= 0.6 is 11.8 Å². The maximum atomic E-state index is 6.21. The van der Waals surface area contributed by atoms with Gasteiger partial charge in [0, 0.05) is 59.3 Å². The topological polar surface area (TPSA) is 102 Å². The molecule has 0 aromatic carbocycles. The van der Waals surface area contributed by atoms with E-state index < -0.39 is 0 Å². The van der Waals surface area contributed by atoms with E-state index in [-0.39, 0.29) is 0 Å². The zero-order chi connectivity index (χ0) is 21.5. The molecule has 4 aromatic heterocycles. The van der Waals surface area contributed by atoms with Crippen molar-refractivity contribution in [2.75, 3.05) is 17.2 Å². The van der Waals surface area contributed by atoms with Crippen molar-refractivity contribution >= 4 is 44.7 Å². The number of fused-ring (bicyclic) bond motifs is 2. The van der Waals surface area contributed by atoms with Crippen LogP contribution in [0, 0.1) is 5.92 Å². The second kappa shape index (κ2) is 8.22. The first-order valence-corrected chi connectivity index (χ1v) is 12.2. The lowest BCUT2D eigenvalue weighted by Crippen LogP contribution is -2.29. The van der Waals surface area contributed by atoms with Gasteiger partial charge in [-0.1, -0.05) is 6.42 Å². The fourth-order valence-corrected chi connectivity index (χ4v) is 6.02. The number of nitrogens with one attached hydrogen (secondary N) is 1. The van der Waals surface area contributed by atoms with Gasteiger partial charge in [0.05, 0.1) is 6.33 Å². The standard InChI is InChI=1S/C23H26N8S/c24-16-3-1-2-15(10-16)11-31-14-29-20-22(27-13-28-23(20)31)30-8-9-32-19(12-30)17-4-6-25-21-18(17)5-7-26-21/h4-7,12-16H,1-3,8-11,24H2,(H,25,26)/t15-,16-/m0/s1. The van der Waals surface area contributed by atoms with Crippen molar-refractivity contribution in [3.05, 3.63) is 48.9 Å². The molecule has 32 heavy (non-hydrogen) atoms. The predicted octanol–water partition coefficient (Wildman–Crippen LogP) is 3.77. The number of pyridine rings is 1. The fourth-order valence-electron chi connectivity index (χ4n) is 4.98. The quantitative estimate of drug-likeness (QED) is 0.492. The summed E-state index contributed by atoms with van der Waals surface area (Å²) in [6, 6.07) is 4.49. The first-order valence-electron chi connectivity index (χ1n) is 11.2. The molecule has 0 saturated heterocycles. The van der Waals surface area contributed by atoms with Gasteiger partial charge in [0.25, 0.3) is 0 Å². The SMILES string of the molecule is N[C@H]1CCC[C@H](Cn2cnc3c(N4C=C(c5ccnc6[nH]ccc56)SCC4)ncnc32)C1. The number of hydrogen-bond donors (Lipinski definition) is 2. The van der Waals surface area contributed by atoms with Gasteiger partial charge < -0.3 is 20.2 Å². The van der Waals surface area contributed by atoms with Gasteiger partial charge in [-0.05, 0) is 37.3 Å². The van der Waals surface area contributed by atoms with Crippen LogP contribution in [-0.4, -0.2) is 47.8 Å². The summed E-state index contributed by atoms with van der Waals surface area (Å²) in [6.07, 6.45) is 14.2. The van der Waals surface area contributed by atoms with Gasteiger partial charge in [-0.3, -0.25) is 0 Å². The normalized spacial score (nSPS) is 21.9. The number of imidazole rings is 1. The zero-order valence-electron chi connectivity index (χ0n) is 17.8. The second-order valence-corrected chi connectivity index (χ2v) is 9.83. The van der Waals surface area contributed by atoms with E-state index in [9.17, 15) is 0 Å². The monoisotopic (exact) mass is 446 g/mol. The van der Waals surface area contributed by atoms with Crippen LogP contribution < -0.4 is 10.6 Å². The summed E-state index contributed by atoms with van der Waals surface area (Å²) in [5, 5.41) is 1.14. The number of rotatable bonds is 4. The highest BCUT2D eigenvalue weighted by atomic mass is 32.2. The van der Waals surface area contributed by atoms with Crippen molar-refractivity contribution in [2.24, 2.45) is 11.7 Å². The largest absolute Gasteiger partial charge is 0.346 e. The Balaban J connectivity index is 1.33. The van der Waals surface area contributed by atoms with Crippen LogP contribution in [0.15, 0.2) is 43.4 Å². The van der Waals surface area contributed by atoms with Gasteiger partial charge in [-0.25, -0.2) is 19.9 Å². The molecule has 5 heterocycles. The Kier molecular flexibility index (Phi) is 5.07. The smallest absolute Gasteiger partial charge is 0.165 e. The first kappa shape index (κ1) is 19.8. The minimum atomic E-state index is 0.322. The van der Waals surface area contributed by atoms with Crippen molar-refractivity contribution in [1.29, 1.82) is 0 Å². The van der Waals surface area contributed by atoms with Gasteiger partial charge in [0.15, 0.2) is 17.0 Å². The van der Waals surface area contributed by atoms with Crippen molar-refractivity contribution in [3.63, 3.8) is 0 Å². The molecule has 2 atom stereocenters. The van der Waals surface area contributed by atoms with Gasteiger partial charge in [0.1, 0.15) is 12.0 Å². The number of thioether (sulfide) groups is 1. The number of anilines is 1. The van der Waals surface area contributed by atoms with Gasteiger partial charge >= 0.3 is 0 Å². The number of hydrogen-bond acceptors (Lipinski definition) is 7. The van der Waals surface area contributed by atoms with E-state index in [1.54, 1.807) is 6.33 Å². The Morgan fingerprint density at radius 1 is 1.16 bits per heavy atom. The Morgan fingerprint density at radius 3 is 3.06 bits per heavy atom. The molecule has 1 aliphatic carbocycles. The molecule has 4 aromatic rings. The van der Waals surface area contributed by atoms with E-state index >= 15 is 0 Å². The molecule has 8 nitrogen and oxygen atoms in total. The number of aromatic nitrogens is 6. The highest BCUT2D eigenvalue weighted by Gasteiger charge is 2.23. The van der Waals surface area contributed by atoms with Crippen molar-refractivity contribution in [3.8, 4) is 0 Å². The highest BCUT2D eigenvalue weighted by molar-refractivity contribution is 8.08. The van der Waals surface area contributed by atoms with Crippen molar-refractivity contribution < 1.29 is 0 Å². The van der Waals surface area contributed by atoms with Crippen molar-refractivity contribution in [2.45, 2.75) is 38.3 Å². The Morgan fingerprint density at radius 2 is 2.12 bits per heavy atom. The third-order valence-electron chi connectivity index (χ3n) is 6.52. The van der Waals surface area contributed by atoms with Gasteiger partial charge in [-0.15, -0.1) is 11.8 Å². The summed E-state index contributed by atoms with van der Waals surface area (Å²) in [7, 11) is 0. The van der Waals surface area contributed by atoms with E-state index in [0.717, 1.165) is 59.7 Å². The predicted molar refractivity (Wildman–Crippen MR) is 129 cm³/mol. The summed E-state index contributed by atoms with van der Waals surface area (Å²) < 4.78 is 2.18. The molecule has 2 aliphatic rings. The van der Waals surface area contributed by atoms with Crippen LogP contribution in [0.2, 0.25) is 0 Å². The number of aromatic amines is 1. The van der Waals surface area contributed by atoms with E-state index in [1.165, 1.54) is 23.3 Å². The number of nitrogens with zero attached hydrogens (tertiary/aromatic N) is 6. The minimum Gasteiger partial charge on any atom is -0.346 e. The first-order chi connectivity index (χ1) is 15.8. The fraction of sp³-hybridized carbons (Fsp3) is 0.391. The summed E-state index contributed by atoms with van der Waals surface area (Å²) in [4.78, 5) is 25.0. The third kappa shape index (κ3) is 3.55. The maximum absolute atomic E-state index is 6.21. The zero-order valence-corrected chi connectivity index (χ0v) is 18.6. The molecule has 6 rings (SSSR count). The number of H-pyrrole nitrogens is 1. The number of nitrogens with two attached hydrogens (primary N) is 1. The Labute approximate surface area is 190 Å². The molecule has 0 radical (unpaired) electrons. The lowest BCUT2D eigenvalue weighted by atomic mass is 9.86. The van der Waals surface area contributed by atoms with Gasteiger partial charge in [-0.2, -0.15) is 0 Å². The van der Waals surface area contributed by atoms with Crippen LogP contribution in [0.3, 0.4) is 0 Å². The summed E-state index contributed by atoms with van der Waals surface area (Å²) in [6.45, 7) is 1.80. The van der Waals surface area contributed by atoms with E-state index in [1.807, 2.05) is 30.5 Å². The van der Waals surface area contributed by atoms with Crippen LogP contribution in [0.1, 0.15) is 31.2 Å². The molecule has 0 amide bonds. The van der Waals surface area contributed by atoms with Crippen LogP contribution in [0.25, 0.3) is 27.1 Å². The van der Waals surface area contributed by atoms with E-state index in [2.05, 4.69) is 47.7 Å².